The number of carbonyl (C=O) groups is 2. The zero-order valence-electron chi connectivity index (χ0n) is 12.5. The molecule has 0 heterocycles. The maximum atomic E-state index is 12.0. The van der Waals surface area contributed by atoms with Crippen LogP contribution in [0, 0.1) is 0 Å². The first kappa shape index (κ1) is 17.5. The molecule has 0 saturated heterocycles. The highest BCUT2D eigenvalue weighted by molar-refractivity contribution is 6.30. The third kappa shape index (κ3) is 6.60. The molecule has 6 heteroatoms. The molecular formula is C15H21ClN2O3. The van der Waals surface area contributed by atoms with Gasteiger partial charge in [-0.05, 0) is 38.5 Å². The van der Waals surface area contributed by atoms with Gasteiger partial charge in [0, 0.05) is 17.1 Å². The Bertz CT molecular complexity index is 495. The predicted molar refractivity (Wildman–Crippen MR) is 82.3 cm³/mol. The first-order valence-electron chi connectivity index (χ1n) is 6.66. The van der Waals surface area contributed by atoms with Crippen molar-refractivity contribution in [2.45, 2.75) is 32.9 Å². The molecular weight excluding hydrogens is 292 g/mol. The van der Waals surface area contributed by atoms with E-state index in [0.29, 0.717) is 11.6 Å². The van der Waals surface area contributed by atoms with E-state index in [9.17, 15) is 9.59 Å². The molecule has 0 atom stereocenters. The van der Waals surface area contributed by atoms with Crippen LogP contribution < -0.4 is 5.32 Å². The van der Waals surface area contributed by atoms with E-state index in [1.807, 2.05) is 32.9 Å². The van der Waals surface area contributed by atoms with Crippen molar-refractivity contribution in [3.05, 3.63) is 34.9 Å². The Hall–Kier alpha value is -1.59. The van der Waals surface area contributed by atoms with Crippen molar-refractivity contribution in [3.63, 3.8) is 0 Å². The number of rotatable bonds is 6. The summed E-state index contributed by atoms with van der Waals surface area (Å²) in [6, 6.07) is 7.19. The van der Waals surface area contributed by atoms with Gasteiger partial charge in [0.1, 0.15) is 0 Å². The molecule has 1 amide bonds. The first-order chi connectivity index (χ1) is 9.68. The zero-order valence-corrected chi connectivity index (χ0v) is 13.3. The van der Waals surface area contributed by atoms with Crippen molar-refractivity contribution in [2.75, 3.05) is 13.1 Å². The summed E-state index contributed by atoms with van der Waals surface area (Å²) >= 11 is 5.79. The minimum Gasteiger partial charge on any atom is -0.480 e. The Morgan fingerprint density at radius 3 is 2.24 bits per heavy atom. The topological polar surface area (TPSA) is 69.6 Å². The number of hydrogen-bond acceptors (Lipinski definition) is 3. The smallest absolute Gasteiger partial charge is 0.317 e. The highest BCUT2D eigenvalue weighted by atomic mass is 35.5. The lowest BCUT2D eigenvalue weighted by Crippen LogP contribution is -2.49. The van der Waals surface area contributed by atoms with Crippen LogP contribution in [0.25, 0.3) is 0 Å². The SMILES string of the molecule is CC(C)(C)N(CC(=O)O)CC(=O)NCc1ccc(Cl)cc1. The highest BCUT2D eigenvalue weighted by Crippen LogP contribution is 2.12. The molecule has 1 aromatic rings. The number of carboxylic acids is 1. The third-order valence-electron chi connectivity index (χ3n) is 3.01. The van der Waals surface area contributed by atoms with Crippen molar-refractivity contribution < 1.29 is 14.7 Å². The Labute approximate surface area is 129 Å². The summed E-state index contributed by atoms with van der Waals surface area (Å²) in [6.45, 7) is 5.90. The fraction of sp³-hybridized carbons (Fsp3) is 0.467. The average molecular weight is 313 g/mol. The molecule has 21 heavy (non-hydrogen) atoms. The number of amides is 1. The number of hydrogen-bond donors (Lipinski definition) is 2. The first-order valence-corrected chi connectivity index (χ1v) is 7.04. The molecule has 0 saturated carbocycles. The van der Waals surface area contributed by atoms with Crippen LogP contribution in [-0.2, 0) is 16.1 Å². The summed E-state index contributed by atoms with van der Waals surface area (Å²) < 4.78 is 0. The van der Waals surface area contributed by atoms with E-state index in [1.165, 1.54) is 0 Å². The Morgan fingerprint density at radius 1 is 1.19 bits per heavy atom. The molecule has 1 rings (SSSR count). The average Bonchev–Trinajstić information content (AvgIpc) is 2.36. The summed E-state index contributed by atoms with van der Waals surface area (Å²) in [5.74, 6) is -1.16. The fourth-order valence-corrected chi connectivity index (χ4v) is 1.85. The van der Waals surface area contributed by atoms with Crippen molar-refractivity contribution in [2.24, 2.45) is 0 Å². The van der Waals surface area contributed by atoms with Crippen LogP contribution in [0.3, 0.4) is 0 Å². The van der Waals surface area contributed by atoms with Crippen LogP contribution in [0.15, 0.2) is 24.3 Å². The Kier molecular flexibility index (Phi) is 6.18. The lowest BCUT2D eigenvalue weighted by molar-refractivity contribution is -0.140. The minimum absolute atomic E-state index is 0.0450. The maximum Gasteiger partial charge on any atom is 0.317 e. The largest absolute Gasteiger partial charge is 0.480 e. The minimum atomic E-state index is -0.949. The molecule has 0 fully saturated rings. The molecule has 0 aromatic heterocycles. The predicted octanol–water partition coefficient (Wildman–Crippen LogP) is 2.14. The lowest BCUT2D eigenvalue weighted by Gasteiger charge is -2.33. The second kappa shape index (κ2) is 7.43. The van der Waals surface area contributed by atoms with E-state index in [4.69, 9.17) is 16.7 Å². The molecule has 1 aromatic carbocycles. The quantitative estimate of drug-likeness (QED) is 0.844. The molecule has 0 spiro atoms. The number of nitrogens with zero attached hydrogens (tertiary/aromatic N) is 1. The van der Waals surface area contributed by atoms with Crippen LogP contribution >= 0.6 is 11.6 Å². The van der Waals surface area contributed by atoms with E-state index in [-0.39, 0.29) is 19.0 Å². The van der Waals surface area contributed by atoms with Gasteiger partial charge in [-0.3, -0.25) is 14.5 Å². The number of nitrogens with one attached hydrogen (secondary N) is 1. The van der Waals surface area contributed by atoms with Crippen molar-refractivity contribution in [1.29, 1.82) is 0 Å². The van der Waals surface area contributed by atoms with Gasteiger partial charge in [0.2, 0.25) is 5.91 Å². The van der Waals surface area contributed by atoms with E-state index in [1.54, 1.807) is 17.0 Å². The van der Waals surface area contributed by atoms with Crippen LogP contribution in [0.4, 0.5) is 0 Å². The number of halogens is 1. The molecule has 0 radical (unpaired) electrons. The number of carbonyl (C=O) groups excluding carboxylic acids is 1. The maximum absolute atomic E-state index is 12.0. The molecule has 0 bridgehead atoms. The van der Waals surface area contributed by atoms with Crippen LogP contribution in [0.5, 0.6) is 0 Å². The van der Waals surface area contributed by atoms with Gasteiger partial charge >= 0.3 is 5.97 Å². The molecule has 116 valence electrons. The van der Waals surface area contributed by atoms with Gasteiger partial charge in [0.05, 0.1) is 13.1 Å². The van der Waals surface area contributed by atoms with Gasteiger partial charge in [-0.2, -0.15) is 0 Å². The number of carboxylic acid groups (broad SMARTS) is 1. The van der Waals surface area contributed by atoms with Gasteiger partial charge in [-0.1, -0.05) is 23.7 Å². The van der Waals surface area contributed by atoms with Crippen molar-refractivity contribution in [3.8, 4) is 0 Å². The summed E-state index contributed by atoms with van der Waals surface area (Å²) in [4.78, 5) is 24.4. The molecule has 0 aliphatic heterocycles. The van der Waals surface area contributed by atoms with Gasteiger partial charge < -0.3 is 10.4 Å². The fourth-order valence-electron chi connectivity index (χ4n) is 1.73. The van der Waals surface area contributed by atoms with Crippen LogP contribution in [0.2, 0.25) is 5.02 Å². The summed E-state index contributed by atoms with van der Waals surface area (Å²) in [5.41, 5.74) is 0.545. The molecule has 0 aliphatic rings. The summed E-state index contributed by atoms with van der Waals surface area (Å²) in [7, 11) is 0. The van der Waals surface area contributed by atoms with Crippen molar-refractivity contribution in [1.82, 2.24) is 10.2 Å². The monoisotopic (exact) mass is 312 g/mol. The van der Waals surface area contributed by atoms with Gasteiger partial charge in [-0.15, -0.1) is 0 Å². The Balaban J connectivity index is 2.54. The van der Waals surface area contributed by atoms with Crippen LogP contribution in [0.1, 0.15) is 26.3 Å². The number of benzene rings is 1. The highest BCUT2D eigenvalue weighted by Gasteiger charge is 2.25. The Morgan fingerprint density at radius 2 is 1.76 bits per heavy atom. The lowest BCUT2D eigenvalue weighted by atomic mass is 10.1. The number of aliphatic carboxylic acids is 1. The van der Waals surface area contributed by atoms with E-state index < -0.39 is 11.5 Å². The van der Waals surface area contributed by atoms with Crippen LogP contribution in [-0.4, -0.2) is 40.5 Å². The normalized spacial score (nSPS) is 11.5. The van der Waals surface area contributed by atoms with Gasteiger partial charge in [0.15, 0.2) is 0 Å². The zero-order chi connectivity index (χ0) is 16.0. The summed E-state index contributed by atoms with van der Waals surface area (Å²) in [6.07, 6.45) is 0. The third-order valence-corrected chi connectivity index (χ3v) is 3.26. The second-order valence-corrected chi connectivity index (χ2v) is 6.26. The van der Waals surface area contributed by atoms with Gasteiger partial charge in [0.25, 0.3) is 0 Å². The molecule has 2 N–H and O–H groups in total. The van der Waals surface area contributed by atoms with E-state index >= 15 is 0 Å². The molecule has 0 aliphatic carbocycles. The molecule has 0 unspecified atom stereocenters. The van der Waals surface area contributed by atoms with Gasteiger partial charge in [-0.25, -0.2) is 0 Å². The standard InChI is InChI=1S/C15H21ClN2O3/c1-15(2,3)18(10-14(20)21)9-13(19)17-8-11-4-6-12(16)7-5-11/h4-7H,8-10H2,1-3H3,(H,17,19)(H,20,21). The van der Waals surface area contributed by atoms with Crippen molar-refractivity contribution >= 4 is 23.5 Å². The second-order valence-electron chi connectivity index (χ2n) is 5.82. The molecule has 5 nitrogen and oxygen atoms in total. The summed E-state index contributed by atoms with van der Waals surface area (Å²) in [5, 5.41) is 12.3. The van der Waals surface area contributed by atoms with E-state index in [2.05, 4.69) is 5.32 Å². The van der Waals surface area contributed by atoms with E-state index in [0.717, 1.165) is 5.56 Å².